The molecule has 26 heavy (non-hydrogen) atoms. The van der Waals surface area contributed by atoms with Crippen molar-refractivity contribution in [3.8, 4) is 0 Å². The van der Waals surface area contributed by atoms with Crippen LogP contribution in [0.1, 0.15) is 36.7 Å². The summed E-state index contributed by atoms with van der Waals surface area (Å²) in [6.07, 6.45) is -1.05. The number of esters is 1. The minimum atomic E-state index is -1.05. The summed E-state index contributed by atoms with van der Waals surface area (Å²) in [5, 5.41) is 0. The van der Waals surface area contributed by atoms with Crippen LogP contribution >= 0.6 is 0 Å². The first-order chi connectivity index (χ1) is 12.3. The summed E-state index contributed by atoms with van der Waals surface area (Å²) in [4.78, 5) is 36.4. The Balaban J connectivity index is 1.90. The molecule has 0 aromatic heterocycles. The number of benzene rings is 2. The molecule has 0 aliphatic rings. The predicted octanol–water partition coefficient (Wildman–Crippen LogP) is 2.36. The van der Waals surface area contributed by atoms with Crippen LogP contribution < -0.4 is 10.9 Å². The average Bonchev–Trinajstić information content (AvgIpc) is 2.67. The van der Waals surface area contributed by atoms with Gasteiger partial charge in [0, 0.05) is 5.56 Å². The van der Waals surface area contributed by atoms with Crippen molar-refractivity contribution in [2.24, 2.45) is 0 Å². The maximum absolute atomic E-state index is 12.5. The third-order valence-corrected chi connectivity index (χ3v) is 3.99. The maximum Gasteiger partial charge on any atom is 0.316 e. The van der Waals surface area contributed by atoms with Gasteiger partial charge >= 0.3 is 5.97 Å². The van der Waals surface area contributed by atoms with Crippen LogP contribution in [0.2, 0.25) is 0 Å². The number of hydrazine groups is 1. The fraction of sp³-hybridized carbons (Fsp3) is 0.250. The van der Waals surface area contributed by atoms with Crippen LogP contribution in [0.5, 0.6) is 0 Å². The Labute approximate surface area is 152 Å². The number of nitrogens with one attached hydrogen (secondary N) is 2. The molecule has 0 aliphatic heterocycles. The van der Waals surface area contributed by atoms with E-state index in [1.807, 2.05) is 30.3 Å². The third kappa shape index (κ3) is 4.69. The van der Waals surface area contributed by atoms with E-state index in [2.05, 4.69) is 10.9 Å². The van der Waals surface area contributed by atoms with Gasteiger partial charge in [-0.05, 0) is 38.5 Å². The van der Waals surface area contributed by atoms with Crippen LogP contribution in [0.25, 0.3) is 0 Å². The van der Waals surface area contributed by atoms with Crippen molar-refractivity contribution < 1.29 is 19.1 Å². The SMILES string of the molecule is C[C@H](OC(=O)C(C)(C)c1ccccc1)C(=O)NNC(=O)c1ccccc1. The monoisotopic (exact) mass is 354 g/mol. The van der Waals surface area contributed by atoms with Gasteiger partial charge in [-0.25, -0.2) is 0 Å². The lowest BCUT2D eigenvalue weighted by molar-refractivity contribution is -0.159. The van der Waals surface area contributed by atoms with E-state index < -0.39 is 29.3 Å². The summed E-state index contributed by atoms with van der Waals surface area (Å²) < 4.78 is 5.27. The van der Waals surface area contributed by atoms with Gasteiger partial charge in [-0.1, -0.05) is 48.5 Å². The van der Waals surface area contributed by atoms with E-state index >= 15 is 0 Å². The fourth-order valence-electron chi connectivity index (χ4n) is 2.22. The van der Waals surface area contributed by atoms with E-state index in [1.54, 1.807) is 44.2 Å². The minimum Gasteiger partial charge on any atom is -0.452 e. The van der Waals surface area contributed by atoms with Gasteiger partial charge in [-0.2, -0.15) is 0 Å². The van der Waals surface area contributed by atoms with E-state index in [-0.39, 0.29) is 0 Å². The first-order valence-corrected chi connectivity index (χ1v) is 8.24. The summed E-state index contributed by atoms with van der Waals surface area (Å²) in [7, 11) is 0. The molecule has 2 N–H and O–H groups in total. The van der Waals surface area contributed by atoms with Gasteiger partial charge in [-0.3, -0.25) is 25.2 Å². The molecule has 0 fully saturated rings. The molecule has 2 aromatic rings. The van der Waals surface area contributed by atoms with Crippen LogP contribution in [-0.4, -0.2) is 23.9 Å². The van der Waals surface area contributed by atoms with Crippen molar-refractivity contribution >= 4 is 17.8 Å². The molecule has 0 saturated heterocycles. The molecule has 0 bridgehead atoms. The summed E-state index contributed by atoms with van der Waals surface area (Å²) in [6.45, 7) is 4.90. The van der Waals surface area contributed by atoms with E-state index in [1.165, 1.54) is 6.92 Å². The highest BCUT2D eigenvalue weighted by Crippen LogP contribution is 2.25. The van der Waals surface area contributed by atoms with Crippen LogP contribution in [0.3, 0.4) is 0 Å². The highest BCUT2D eigenvalue weighted by molar-refractivity contribution is 5.96. The Hall–Kier alpha value is -3.15. The molecule has 2 rings (SSSR count). The molecular formula is C20H22N2O4. The minimum absolute atomic E-state index is 0.405. The summed E-state index contributed by atoms with van der Waals surface area (Å²) in [5.41, 5.74) is 4.85. The molecule has 136 valence electrons. The number of amides is 2. The lowest BCUT2D eigenvalue weighted by atomic mass is 9.85. The summed E-state index contributed by atoms with van der Waals surface area (Å²) in [5.74, 6) is -1.60. The van der Waals surface area contributed by atoms with Gasteiger partial charge in [0.2, 0.25) is 0 Å². The van der Waals surface area contributed by atoms with Crippen molar-refractivity contribution in [1.82, 2.24) is 10.9 Å². The first kappa shape index (κ1) is 19.2. The normalized spacial score (nSPS) is 12.0. The highest BCUT2D eigenvalue weighted by atomic mass is 16.5. The van der Waals surface area contributed by atoms with Crippen LogP contribution in [0, 0.1) is 0 Å². The molecule has 0 unspecified atom stereocenters. The molecule has 0 heterocycles. The second-order valence-corrected chi connectivity index (χ2v) is 6.35. The van der Waals surface area contributed by atoms with Gasteiger partial charge in [-0.15, -0.1) is 0 Å². The molecule has 0 aliphatic carbocycles. The number of hydrogen-bond acceptors (Lipinski definition) is 4. The van der Waals surface area contributed by atoms with Crippen LogP contribution in [-0.2, 0) is 19.7 Å². The second-order valence-electron chi connectivity index (χ2n) is 6.35. The molecule has 0 saturated carbocycles. The smallest absolute Gasteiger partial charge is 0.316 e. The Morgan fingerprint density at radius 2 is 1.42 bits per heavy atom. The quantitative estimate of drug-likeness (QED) is 0.638. The highest BCUT2D eigenvalue weighted by Gasteiger charge is 2.33. The zero-order valence-corrected chi connectivity index (χ0v) is 15.0. The van der Waals surface area contributed by atoms with E-state index in [9.17, 15) is 14.4 Å². The molecule has 0 radical (unpaired) electrons. The van der Waals surface area contributed by atoms with Gasteiger partial charge in [0.1, 0.15) is 0 Å². The Morgan fingerprint density at radius 3 is 2.00 bits per heavy atom. The van der Waals surface area contributed by atoms with E-state index in [0.717, 1.165) is 5.56 Å². The van der Waals surface area contributed by atoms with Gasteiger partial charge < -0.3 is 4.74 Å². The van der Waals surface area contributed by atoms with Crippen LogP contribution in [0.4, 0.5) is 0 Å². The topological polar surface area (TPSA) is 84.5 Å². The molecule has 0 spiro atoms. The van der Waals surface area contributed by atoms with Crippen molar-refractivity contribution in [3.05, 3.63) is 71.8 Å². The number of carbonyl (C=O) groups is 3. The predicted molar refractivity (Wildman–Crippen MR) is 97.1 cm³/mol. The lowest BCUT2D eigenvalue weighted by Gasteiger charge is -2.25. The van der Waals surface area contributed by atoms with E-state index in [4.69, 9.17) is 4.74 Å². The Bertz CT molecular complexity index is 773. The molecule has 2 aromatic carbocycles. The fourth-order valence-corrected chi connectivity index (χ4v) is 2.22. The second kappa shape index (κ2) is 8.29. The van der Waals surface area contributed by atoms with Crippen molar-refractivity contribution in [2.45, 2.75) is 32.3 Å². The van der Waals surface area contributed by atoms with Crippen molar-refractivity contribution in [2.75, 3.05) is 0 Å². The lowest BCUT2D eigenvalue weighted by Crippen LogP contribution is -2.47. The zero-order chi connectivity index (χ0) is 19.2. The summed E-state index contributed by atoms with van der Waals surface area (Å²) >= 11 is 0. The number of carbonyl (C=O) groups excluding carboxylic acids is 3. The van der Waals surface area contributed by atoms with Gasteiger partial charge in [0.05, 0.1) is 5.41 Å². The number of hydrogen-bond donors (Lipinski definition) is 2. The average molecular weight is 354 g/mol. The van der Waals surface area contributed by atoms with Gasteiger partial charge in [0.25, 0.3) is 11.8 Å². The third-order valence-electron chi connectivity index (χ3n) is 3.99. The Kier molecular flexibility index (Phi) is 6.11. The Morgan fingerprint density at radius 1 is 0.885 bits per heavy atom. The van der Waals surface area contributed by atoms with Crippen molar-refractivity contribution in [1.29, 1.82) is 0 Å². The zero-order valence-electron chi connectivity index (χ0n) is 15.0. The molecule has 6 heteroatoms. The standard InChI is InChI=1S/C20H22N2O4/c1-14(17(23)21-22-18(24)15-10-6-4-7-11-15)26-19(25)20(2,3)16-12-8-5-9-13-16/h4-14H,1-3H3,(H,21,23)(H,22,24)/t14-/m0/s1. The van der Waals surface area contributed by atoms with Crippen LogP contribution in [0.15, 0.2) is 60.7 Å². The number of rotatable bonds is 5. The first-order valence-electron chi connectivity index (χ1n) is 8.24. The van der Waals surface area contributed by atoms with E-state index in [0.29, 0.717) is 5.56 Å². The molecular weight excluding hydrogens is 332 g/mol. The summed E-state index contributed by atoms with van der Waals surface area (Å²) in [6, 6.07) is 17.6. The molecule has 1 atom stereocenters. The molecule has 6 nitrogen and oxygen atoms in total. The maximum atomic E-state index is 12.5. The largest absolute Gasteiger partial charge is 0.452 e. The molecule has 2 amide bonds. The number of ether oxygens (including phenoxy) is 1. The van der Waals surface area contributed by atoms with Crippen molar-refractivity contribution in [3.63, 3.8) is 0 Å². The van der Waals surface area contributed by atoms with Gasteiger partial charge in [0.15, 0.2) is 6.10 Å².